The number of fused-ring (bicyclic) bond motifs is 1. The summed E-state index contributed by atoms with van der Waals surface area (Å²) in [6.07, 6.45) is -6.09. The summed E-state index contributed by atoms with van der Waals surface area (Å²) in [5, 5.41) is -0.166. The van der Waals surface area contributed by atoms with Gasteiger partial charge in [0.1, 0.15) is 29.4 Å². The molecule has 0 amide bonds. The van der Waals surface area contributed by atoms with Crippen molar-refractivity contribution in [1.29, 1.82) is 0 Å². The first-order valence-electron chi connectivity index (χ1n) is 10.5. The van der Waals surface area contributed by atoms with Crippen LogP contribution in [0.25, 0.3) is 11.0 Å². The maximum absolute atomic E-state index is 13.7. The van der Waals surface area contributed by atoms with Gasteiger partial charge in [0.25, 0.3) is 5.76 Å². The molecule has 35 heavy (non-hydrogen) atoms. The van der Waals surface area contributed by atoms with Crippen molar-refractivity contribution in [2.24, 2.45) is 0 Å². The van der Waals surface area contributed by atoms with E-state index < -0.39 is 35.2 Å². The van der Waals surface area contributed by atoms with Crippen molar-refractivity contribution in [2.75, 3.05) is 26.9 Å². The van der Waals surface area contributed by atoms with Crippen LogP contribution in [0.4, 0.5) is 13.2 Å². The smallest absolute Gasteiger partial charge is 0.453 e. The van der Waals surface area contributed by atoms with Gasteiger partial charge in [-0.15, -0.1) is 0 Å². The van der Waals surface area contributed by atoms with Crippen LogP contribution in [-0.4, -0.2) is 39.0 Å². The Morgan fingerprint density at radius 3 is 2.31 bits per heavy atom. The molecule has 0 saturated carbocycles. The number of esters is 1. The van der Waals surface area contributed by atoms with E-state index in [-0.39, 0.29) is 35.7 Å². The van der Waals surface area contributed by atoms with E-state index in [1.54, 1.807) is 6.92 Å². The summed E-state index contributed by atoms with van der Waals surface area (Å²) in [4.78, 5) is 24.9. The van der Waals surface area contributed by atoms with Crippen molar-refractivity contribution in [1.82, 2.24) is 0 Å². The van der Waals surface area contributed by atoms with E-state index in [2.05, 4.69) is 0 Å². The molecule has 0 aliphatic carbocycles. The quantitative estimate of drug-likeness (QED) is 0.287. The molecule has 188 valence electrons. The number of hydrogen-bond donors (Lipinski definition) is 0. The molecule has 0 bridgehead atoms. The number of ether oxygens (including phenoxy) is 5. The number of benzene rings is 2. The number of rotatable bonds is 10. The van der Waals surface area contributed by atoms with E-state index in [4.69, 9.17) is 28.1 Å². The highest BCUT2D eigenvalue weighted by atomic mass is 19.4. The van der Waals surface area contributed by atoms with E-state index in [1.165, 1.54) is 50.4 Å². The summed E-state index contributed by atoms with van der Waals surface area (Å²) < 4.78 is 72.0. The molecular formula is C24H23F3O8. The van der Waals surface area contributed by atoms with Gasteiger partial charge in [-0.25, -0.2) is 4.79 Å². The van der Waals surface area contributed by atoms with Crippen LogP contribution < -0.4 is 19.6 Å². The second-order valence-corrected chi connectivity index (χ2v) is 7.15. The average molecular weight is 496 g/mol. The predicted molar refractivity (Wildman–Crippen MR) is 118 cm³/mol. The number of alkyl halides is 3. The van der Waals surface area contributed by atoms with Crippen molar-refractivity contribution >= 4 is 16.9 Å². The van der Waals surface area contributed by atoms with Crippen LogP contribution in [0.3, 0.4) is 0 Å². The SMILES string of the molecule is CCOCCOC(=O)[C@@H](C)Oc1ccc2c(=O)c(Oc3ccc(OC)cc3)c(C(F)(F)F)oc2c1. The average Bonchev–Trinajstić information content (AvgIpc) is 2.83. The van der Waals surface area contributed by atoms with Crippen LogP contribution in [0.15, 0.2) is 51.7 Å². The zero-order valence-electron chi connectivity index (χ0n) is 19.1. The second kappa shape index (κ2) is 11.1. The van der Waals surface area contributed by atoms with Gasteiger partial charge in [-0.2, -0.15) is 13.2 Å². The Bertz CT molecular complexity index is 1220. The van der Waals surface area contributed by atoms with Gasteiger partial charge in [-0.3, -0.25) is 4.79 Å². The molecule has 3 aromatic rings. The Kier molecular flexibility index (Phi) is 8.23. The monoisotopic (exact) mass is 496 g/mol. The Morgan fingerprint density at radius 2 is 1.69 bits per heavy atom. The molecule has 0 radical (unpaired) electrons. The Balaban J connectivity index is 1.90. The Morgan fingerprint density at radius 1 is 1.03 bits per heavy atom. The van der Waals surface area contributed by atoms with Gasteiger partial charge in [-0.1, -0.05) is 0 Å². The van der Waals surface area contributed by atoms with Crippen molar-refractivity contribution in [3.63, 3.8) is 0 Å². The normalized spacial score (nSPS) is 12.3. The summed E-state index contributed by atoms with van der Waals surface area (Å²) >= 11 is 0. The molecule has 1 aromatic heterocycles. The summed E-state index contributed by atoms with van der Waals surface area (Å²) in [5.74, 6) is -2.85. The predicted octanol–water partition coefficient (Wildman–Crippen LogP) is 4.96. The number of methoxy groups -OCH3 is 1. The first-order chi connectivity index (χ1) is 16.6. The fourth-order valence-electron chi connectivity index (χ4n) is 2.99. The van der Waals surface area contributed by atoms with Gasteiger partial charge in [0.15, 0.2) is 6.10 Å². The summed E-state index contributed by atoms with van der Waals surface area (Å²) in [6, 6.07) is 9.30. The lowest BCUT2D eigenvalue weighted by atomic mass is 10.2. The standard InChI is InChI=1S/C24H23F3O8/c1-4-31-11-12-32-23(29)14(2)33-17-9-10-18-19(13-17)35-22(24(25,26)27)21(20(18)28)34-16-7-5-15(30-3)6-8-16/h5-10,13-14H,4,11-12H2,1-3H3/t14-/m1/s1. The van der Waals surface area contributed by atoms with E-state index in [9.17, 15) is 22.8 Å². The molecule has 0 saturated heterocycles. The van der Waals surface area contributed by atoms with E-state index in [1.807, 2.05) is 0 Å². The lowest BCUT2D eigenvalue weighted by molar-refractivity contribution is -0.154. The Labute approximate surface area is 198 Å². The van der Waals surface area contributed by atoms with Gasteiger partial charge in [0.05, 0.1) is 19.1 Å². The van der Waals surface area contributed by atoms with Crippen LogP contribution in [0.1, 0.15) is 19.6 Å². The van der Waals surface area contributed by atoms with Gasteiger partial charge < -0.3 is 28.1 Å². The molecule has 2 aromatic carbocycles. The number of hydrogen-bond acceptors (Lipinski definition) is 8. The minimum Gasteiger partial charge on any atom is -0.497 e. The van der Waals surface area contributed by atoms with E-state index in [0.29, 0.717) is 12.4 Å². The van der Waals surface area contributed by atoms with Gasteiger partial charge in [0, 0.05) is 12.7 Å². The van der Waals surface area contributed by atoms with E-state index in [0.717, 1.165) is 6.07 Å². The summed E-state index contributed by atoms with van der Waals surface area (Å²) in [5.41, 5.74) is -1.41. The molecule has 0 aliphatic rings. The van der Waals surface area contributed by atoms with Gasteiger partial charge >= 0.3 is 12.1 Å². The van der Waals surface area contributed by atoms with Gasteiger partial charge in [0.2, 0.25) is 11.2 Å². The molecule has 1 atom stereocenters. The summed E-state index contributed by atoms with van der Waals surface area (Å²) in [7, 11) is 1.43. The van der Waals surface area contributed by atoms with Crippen LogP contribution in [0.2, 0.25) is 0 Å². The molecule has 0 fully saturated rings. The molecule has 0 spiro atoms. The molecule has 0 aliphatic heterocycles. The first-order valence-corrected chi connectivity index (χ1v) is 10.5. The highest BCUT2D eigenvalue weighted by molar-refractivity contribution is 5.80. The highest BCUT2D eigenvalue weighted by Crippen LogP contribution is 2.39. The molecule has 8 nitrogen and oxygen atoms in total. The van der Waals surface area contributed by atoms with Gasteiger partial charge in [-0.05, 0) is 50.2 Å². The van der Waals surface area contributed by atoms with Crippen LogP contribution in [-0.2, 0) is 20.4 Å². The zero-order valence-corrected chi connectivity index (χ0v) is 19.1. The minimum atomic E-state index is -5.02. The second-order valence-electron chi connectivity index (χ2n) is 7.15. The molecule has 3 rings (SSSR count). The third-order valence-corrected chi connectivity index (χ3v) is 4.68. The maximum Gasteiger partial charge on any atom is 0.453 e. The number of carbonyl (C=O) groups is 1. The van der Waals surface area contributed by atoms with Crippen molar-refractivity contribution in [3.05, 3.63) is 58.4 Å². The third kappa shape index (κ3) is 6.44. The fourth-order valence-corrected chi connectivity index (χ4v) is 2.99. The minimum absolute atomic E-state index is 0.00635. The summed E-state index contributed by atoms with van der Waals surface area (Å²) in [6.45, 7) is 3.93. The Hall–Kier alpha value is -3.73. The molecule has 0 N–H and O–H groups in total. The van der Waals surface area contributed by atoms with Crippen LogP contribution >= 0.6 is 0 Å². The molecule has 0 unspecified atom stereocenters. The zero-order chi connectivity index (χ0) is 25.6. The van der Waals surface area contributed by atoms with E-state index >= 15 is 0 Å². The lowest BCUT2D eigenvalue weighted by Crippen LogP contribution is -2.27. The molecule has 11 heteroatoms. The van der Waals surface area contributed by atoms with Crippen molar-refractivity contribution < 1.29 is 46.1 Å². The first kappa shape index (κ1) is 25.9. The number of carbonyl (C=O) groups excluding carboxylic acids is 1. The molecular weight excluding hydrogens is 473 g/mol. The van der Waals surface area contributed by atoms with Crippen molar-refractivity contribution in [2.45, 2.75) is 26.1 Å². The maximum atomic E-state index is 13.7. The lowest BCUT2D eigenvalue weighted by Gasteiger charge is -2.16. The fraction of sp³-hybridized carbons (Fsp3) is 0.333. The highest BCUT2D eigenvalue weighted by Gasteiger charge is 2.40. The van der Waals surface area contributed by atoms with Crippen LogP contribution in [0, 0.1) is 0 Å². The number of halogens is 3. The topological polar surface area (TPSA) is 93.4 Å². The largest absolute Gasteiger partial charge is 0.497 e. The van der Waals surface area contributed by atoms with Crippen LogP contribution in [0.5, 0.6) is 23.0 Å². The third-order valence-electron chi connectivity index (χ3n) is 4.68. The molecule has 1 heterocycles. The van der Waals surface area contributed by atoms with Crippen molar-refractivity contribution in [3.8, 4) is 23.0 Å².